The van der Waals surface area contributed by atoms with Crippen LogP contribution in [-0.4, -0.2) is 12.1 Å². The Morgan fingerprint density at radius 3 is 2.71 bits per heavy atom. The molecule has 4 heteroatoms. The number of thiophene rings is 1. The molecular formula is C17H22FNOS. The van der Waals surface area contributed by atoms with E-state index in [9.17, 15) is 4.39 Å². The zero-order valence-electron chi connectivity index (χ0n) is 12.8. The Hall–Kier alpha value is -1.39. The molecule has 2 aromatic rings. The highest BCUT2D eigenvalue weighted by atomic mass is 32.1. The zero-order chi connectivity index (χ0) is 15.3. The summed E-state index contributed by atoms with van der Waals surface area (Å²) in [7, 11) is 0. The molecule has 0 amide bonds. The van der Waals surface area contributed by atoms with Gasteiger partial charge in [-0.2, -0.15) is 0 Å². The van der Waals surface area contributed by atoms with Crippen molar-refractivity contribution < 1.29 is 9.13 Å². The number of hydrogen-bond acceptors (Lipinski definition) is 3. The second-order valence-electron chi connectivity index (χ2n) is 6.08. The lowest BCUT2D eigenvalue weighted by molar-refractivity contribution is 0.320. The van der Waals surface area contributed by atoms with Crippen molar-refractivity contribution in [1.29, 1.82) is 0 Å². The first-order valence-electron chi connectivity index (χ1n) is 7.12. The Kier molecular flexibility index (Phi) is 5.37. The molecule has 0 unspecified atom stereocenters. The van der Waals surface area contributed by atoms with Crippen LogP contribution in [0.1, 0.15) is 31.2 Å². The highest BCUT2D eigenvalue weighted by molar-refractivity contribution is 7.09. The van der Waals surface area contributed by atoms with Crippen molar-refractivity contribution in [2.75, 3.05) is 6.61 Å². The summed E-state index contributed by atoms with van der Waals surface area (Å²) in [6, 6.07) is 8.99. The maximum Gasteiger partial charge on any atom is 0.127 e. The molecule has 21 heavy (non-hydrogen) atoms. The standard InChI is InChI=1S/C17H22FNOS/c1-17(2,3)19-12-13-9-14(18)11-15(10-13)20-7-6-16-5-4-8-21-16/h4-5,8-11,19H,6-7,12H2,1-3H3. The van der Waals surface area contributed by atoms with Crippen molar-refractivity contribution in [3.05, 3.63) is 52.0 Å². The third-order valence-electron chi connectivity index (χ3n) is 2.95. The molecule has 0 saturated carbocycles. The third-order valence-corrected chi connectivity index (χ3v) is 3.89. The fourth-order valence-corrected chi connectivity index (χ4v) is 2.59. The number of nitrogens with one attached hydrogen (secondary N) is 1. The molecule has 0 spiro atoms. The van der Waals surface area contributed by atoms with Crippen LogP contribution in [0.15, 0.2) is 35.7 Å². The minimum Gasteiger partial charge on any atom is -0.493 e. The summed E-state index contributed by atoms with van der Waals surface area (Å²) in [6.07, 6.45) is 0.851. The molecule has 2 nitrogen and oxygen atoms in total. The van der Waals surface area contributed by atoms with Crippen molar-refractivity contribution in [3.63, 3.8) is 0 Å². The molecule has 2 rings (SSSR count). The van der Waals surface area contributed by atoms with E-state index in [-0.39, 0.29) is 11.4 Å². The van der Waals surface area contributed by atoms with Crippen LogP contribution in [0.5, 0.6) is 5.75 Å². The van der Waals surface area contributed by atoms with Gasteiger partial charge in [0, 0.05) is 29.4 Å². The summed E-state index contributed by atoms with van der Waals surface area (Å²) in [5.41, 5.74) is 0.906. The molecule has 0 aliphatic heterocycles. The van der Waals surface area contributed by atoms with Gasteiger partial charge < -0.3 is 10.1 Å². The molecule has 0 fully saturated rings. The average molecular weight is 307 g/mol. The molecular weight excluding hydrogens is 285 g/mol. The Morgan fingerprint density at radius 2 is 2.05 bits per heavy atom. The van der Waals surface area contributed by atoms with Gasteiger partial charge >= 0.3 is 0 Å². The van der Waals surface area contributed by atoms with Gasteiger partial charge in [0.15, 0.2) is 0 Å². The topological polar surface area (TPSA) is 21.3 Å². The Balaban J connectivity index is 1.91. The summed E-state index contributed by atoms with van der Waals surface area (Å²) >= 11 is 1.71. The maximum absolute atomic E-state index is 13.6. The predicted octanol–water partition coefficient (Wildman–Crippen LogP) is 4.40. The number of halogens is 1. The highest BCUT2D eigenvalue weighted by Crippen LogP contribution is 2.18. The Morgan fingerprint density at radius 1 is 1.24 bits per heavy atom. The van der Waals surface area contributed by atoms with Gasteiger partial charge in [0.1, 0.15) is 11.6 Å². The van der Waals surface area contributed by atoms with Gasteiger partial charge in [-0.3, -0.25) is 0 Å². The lowest BCUT2D eigenvalue weighted by atomic mass is 10.1. The average Bonchev–Trinajstić information content (AvgIpc) is 2.88. The quantitative estimate of drug-likeness (QED) is 0.854. The molecule has 114 valence electrons. The van der Waals surface area contributed by atoms with E-state index in [1.807, 2.05) is 17.5 Å². The molecule has 0 radical (unpaired) electrons. The Bertz CT molecular complexity index is 561. The van der Waals surface area contributed by atoms with Crippen LogP contribution in [0, 0.1) is 5.82 Å². The third kappa shape index (κ3) is 5.86. The van der Waals surface area contributed by atoms with Gasteiger partial charge in [-0.1, -0.05) is 6.07 Å². The van der Waals surface area contributed by atoms with Crippen molar-refractivity contribution in [1.82, 2.24) is 5.32 Å². The second kappa shape index (κ2) is 7.05. The molecule has 0 bridgehead atoms. The number of rotatable bonds is 6. The molecule has 0 atom stereocenters. The maximum atomic E-state index is 13.6. The zero-order valence-corrected chi connectivity index (χ0v) is 13.6. The van der Waals surface area contributed by atoms with Crippen LogP contribution in [0.4, 0.5) is 4.39 Å². The smallest absolute Gasteiger partial charge is 0.127 e. The first-order chi connectivity index (χ1) is 9.92. The van der Waals surface area contributed by atoms with E-state index >= 15 is 0 Å². The minimum atomic E-state index is -0.255. The second-order valence-corrected chi connectivity index (χ2v) is 7.11. The number of hydrogen-bond donors (Lipinski definition) is 1. The van der Waals surface area contributed by atoms with Crippen molar-refractivity contribution in [2.45, 2.75) is 39.3 Å². The van der Waals surface area contributed by atoms with E-state index < -0.39 is 0 Å². The lowest BCUT2D eigenvalue weighted by Crippen LogP contribution is -2.35. The van der Waals surface area contributed by atoms with E-state index in [0.717, 1.165) is 12.0 Å². The van der Waals surface area contributed by atoms with Crippen LogP contribution in [0.25, 0.3) is 0 Å². The Labute approximate surface area is 130 Å². The van der Waals surface area contributed by atoms with Crippen LogP contribution < -0.4 is 10.1 Å². The fraction of sp³-hybridized carbons (Fsp3) is 0.412. The molecule has 1 aromatic carbocycles. The van der Waals surface area contributed by atoms with E-state index in [0.29, 0.717) is 18.9 Å². The van der Waals surface area contributed by atoms with Crippen LogP contribution >= 0.6 is 11.3 Å². The first-order valence-corrected chi connectivity index (χ1v) is 8.00. The summed E-state index contributed by atoms with van der Waals surface area (Å²) in [5, 5.41) is 5.40. The molecule has 1 N–H and O–H groups in total. The largest absolute Gasteiger partial charge is 0.493 e. The SMILES string of the molecule is CC(C)(C)NCc1cc(F)cc(OCCc2cccs2)c1. The number of ether oxygens (including phenoxy) is 1. The summed E-state index contributed by atoms with van der Waals surface area (Å²) in [4.78, 5) is 1.28. The van der Waals surface area contributed by atoms with Crippen molar-refractivity contribution in [3.8, 4) is 5.75 Å². The molecule has 1 aromatic heterocycles. The van der Waals surface area contributed by atoms with Crippen molar-refractivity contribution in [2.24, 2.45) is 0 Å². The highest BCUT2D eigenvalue weighted by Gasteiger charge is 2.09. The van der Waals surface area contributed by atoms with Crippen molar-refractivity contribution >= 4 is 11.3 Å². The van der Waals surface area contributed by atoms with Crippen LogP contribution in [0.2, 0.25) is 0 Å². The van der Waals surface area contributed by atoms with Gasteiger partial charge in [0.05, 0.1) is 6.61 Å². The van der Waals surface area contributed by atoms with Gasteiger partial charge in [0.25, 0.3) is 0 Å². The lowest BCUT2D eigenvalue weighted by Gasteiger charge is -2.20. The predicted molar refractivity (Wildman–Crippen MR) is 86.5 cm³/mol. The monoisotopic (exact) mass is 307 g/mol. The van der Waals surface area contributed by atoms with Gasteiger partial charge in [-0.15, -0.1) is 11.3 Å². The van der Waals surface area contributed by atoms with Gasteiger partial charge in [-0.05, 0) is 49.9 Å². The summed E-state index contributed by atoms with van der Waals surface area (Å²) in [5.74, 6) is 0.339. The van der Waals surface area contributed by atoms with Crippen LogP contribution in [0.3, 0.4) is 0 Å². The first kappa shape index (κ1) is 16.0. The fourth-order valence-electron chi connectivity index (χ4n) is 1.90. The van der Waals surface area contributed by atoms with E-state index in [1.54, 1.807) is 17.4 Å². The molecule has 0 saturated heterocycles. The normalized spacial score (nSPS) is 11.6. The van der Waals surface area contributed by atoms with E-state index in [2.05, 4.69) is 32.2 Å². The van der Waals surface area contributed by atoms with Gasteiger partial charge in [-0.25, -0.2) is 4.39 Å². The summed E-state index contributed by atoms with van der Waals surface area (Å²) < 4.78 is 19.3. The number of benzene rings is 1. The van der Waals surface area contributed by atoms with Gasteiger partial charge in [0.2, 0.25) is 0 Å². The molecule has 1 heterocycles. The van der Waals surface area contributed by atoms with E-state index in [1.165, 1.54) is 10.9 Å². The summed E-state index contributed by atoms with van der Waals surface area (Å²) in [6.45, 7) is 7.46. The van der Waals surface area contributed by atoms with Crippen LogP contribution in [-0.2, 0) is 13.0 Å². The van der Waals surface area contributed by atoms with E-state index in [4.69, 9.17) is 4.74 Å². The molecule has 0 aliphatic rings. The molecule has 0 aliphatic carbocycles. The minimum absolute atomic E-state index is 0.00646.